The molecular formula is C11H18ClN3O. The molecule has 1 aromatic heterocycles. The van der Waals surface area contributed by atoms with E-state index in [4.69, 9.17) is 16.3 Å². The standard InChI is InChI=1S/C11H18ClN3O/c1-5-11(2,3)6-13-10-8(16-4)9(12)14-7-15-10/h7H,5-6H2,1-4H3,(H,13,14,15). The van der Waals surface area contributed by atoms with Gasteiger partial charge in [-0.3, -0.25) is 0 Å². The Kier molecular flexibility index (Phi) is 4.35. The molecule has 0 aliphatic carbocycles. The number of ether oxygens (including phenoxy) is 1. The van der Waals surface area contributed by atoms with Crippen LogP contribution in [-0.4, -0.2) is 23.6 Å². The lowest BCUT2D eigenvalue weighted by atomic mass is 9.90. The number of anilines is 1. The van der Waals surface area contributed by atoms with Crippen LogP contribution in [-0.2, 0) is 0 Å². The molecule has 0 bridgehead atoms. The Bertz CT molecular complexity index is 355. The zero-order valence-electron chi connectivity index (χ0n) is 10.2. The van der Waals surface area contributed by atoms with Crippen LogP contribution in [0.5, 0.6) is 5.75 Å². The number of hydrogen-bond acceptors (Lipinski definition) is 4. The molecule has 1 heterocycles. The van der Waals surface area contributed by atoms with Crippen molar-refractivity contribution in [3.05, 3.63) is 11.5 Å². The van der Waals surface area contributed by atoms with Gasteiger partial charge < -0.3 is 10.1 Å². The fraction of sp³-hybridized carbons (Fsp3) is 0.636. The van der Waals surface area contributed by atoms with Crippen LogP contribution in [0, 0.1) is 5.41 Å². The average Bonchev–Trinajstić information content (AvgIpc) is 2.26. The maximum atomic E-state index is 5.90. The predicted molar refractivity (Wildman–Crippen MR) is 66.2 cm³/mol. The topological polar surface area (TPSA) is 47.0 Å². The second-order valence-electron chi connectivity index (χ2n) is 4.42. The zero-order valence-corrected chi connectivity index (χ0v) is 10.9. The Balaban J connectivity index is 2.78. The largest absolute Gasteiger partial charge is 0.490 e. The van der Waals surface area contributed by atoms with Crippen LogP contribution in [0.1, 0.15) is 27.2 Å². The summed E-state index contributed by atoms with van der Waals surface area (Å²) in [6.07, 6.45) is 2.51. The summed E-state index contributed by atoms with van der Waals surface area (Å²) in [5.41, 5.74) is 0.211. The van der Waals surface area contributed by atoms with Crippen molar-refractivity contribution in [2.45, 2.75) is 27.2 Å². The summed E-state index contributed by atoms with van der Waals surface area (Å²) in [7, 11) is 1.56. The van der Waals surface area contributed by atoms with Gasteiger partial charge in [-0.25, -0.2) is 9.97 Å². The van der Waals surface area contributed by atoms with Crippen LogP contribution in [0.4, 0.5) is 5.82 Å². The summed E-state index contributed by atoms with van der Waals surface area (Å²) < 4.78 is 5.16. The van der Waals surface area contributed by atoms with Gasteiger partial charge in [0.2, 0.25) is 0 Å². The van der Waals surface area contributed by atoms with Gasteiger partial charge in [0.25, 0.3) is 0 Å². The highest BCUT2D eigenvalue weighted by Gasteiger charge is 2.17. The lowest BCUT2D eigenvalue weighted by Gasteiger charge is -2.23. The second-order valence-corrected chi connectivity index (χ2v) is 4.78. The minimum Gasteiger partial charge on any atom is -0.490 e. The van der Waals surface area contributed by atoms with Crippen molar-refractivity contribution in [1.29, 1.82) is 0 Å². The van der Waals surface area contributed by atoms with Crippen molar-refractivity contribution in [1.82, 2.24) is 9.97 Å². The highest BCUT2D eigenvalue weighted by Crippen LogP contribution is 2.29. The molecule has 4 nitrogen and oxygen atoms in total. The van der Waals surface area contributed by atoms with Gasteiger partial charge in [0.05, 0.1) is 7.11 Å². The fourth-order valence-electron chi connectivity index (χ4n) is 1.11. The van der Waals surface area contributed by atoms with Gasteiger partial charge in [-0.2, -0.15) is 0 Å². The quantitative estimate of drug-likeness (QED) is 0.808. The van der Waals surface area contributed by atoms with Gasteiger partial charge in [-0.15, -0.1) is 0 Å². The first-order chi connectivity index (χ1) is 7.50. The zero-order chi connectivity index (χ0) is 12.2. The second kappa shape index (κ2) is 5.34. The van der Waals surface area contributed by atoms with Crippen molar-refractivity contribution < 1.29 is 4.74 Å². The minimum absolute atomic E-state index is 0.211. The normalized spacial score (nSPS) is 11.3. The lowest BCUT2D eigenvalue weighted by Crippen LogP contribution is -2.22. The summed E-state index contributed by atoms with van der Waals surface area (Å²) in [6.45, 7) is 7.35. The number of nitrogens with zero attached hydrogens (tertiary/aromatic N) is 2. The molecule has 0 saturated heterocycles. The van der Waals surface area contributed by atoms with E-state index in [2.05, 4.69) is 36.1 Å². The summed E-state index contributed by atoms with van der Waals surface area (Å²) in [5, 5.41) is 3.56. The molecule has 0 unspecified atom stereocenters. The summed E-state index contributed by atoms with van der Waals surface area (Å²) >= 11 is 5.90. The molecule has 0 spiro atoms. The molecule has 0 radical (unpaired) electrons. The first-order valence-corrected chi connectivity index (χ1v) is 5.66. The van der Waals surface area contributed by atoms with Crippen LogP contribution in [0.15, 0.2) is 6.33 Å². The van der Waals surface area contributed by atoms with Crippen molar-refractivity contribution >= 4 is 17.4 Å². The summed E-state index contributed by atoms with van der Waals surface area (Å²) in [5.74, 6) is 1.14. The van der Waals surface area contributed by atoms with Crippen molar-refractivity contribution in [2.24, 2.45) is 5.41 Å². The SMILES string of the molecule is CCC(C)(C)CNc1ncnc(Cl)c1OC. The molecule has 0 aliphatic rings. The smallest absolute Gasteiger partial charge is 0.198 e. The van der Waals surface area contributed by atoms with Gasteiger partial charge in [-0.1, -0.05) is 32.4 Å². The summed E-state index contributed by atoms with van der Waals surface area (Å²) in [6, 6.07) is 0. The first-order valence-electron chi connectivity index (χ1n) is 5.28. The van der Waals surface area contributed by atoms with Crippen molar-refractivity contribution in [3.63, 3.8) is 0 Å². The number of hydrogen-bond donors (Lipinski definition) is 1. The van der Waals surface area contributed by atoms with Crippen LogP contribution < -0.4 is 10.1 Å². The van der Waals surface area contributed by atoms with E-state index in [1.807, 2.05) is 0 Å². The van der Waals surface area contributed by atoms with E-state index in [9.17, 15) is 0 Å². The molecule has 0 atom stereocenters. The van der Waals surface area contributed by atoms with Gasteiger partial charge in [0.15, 0.2) is 16.7 Å². The lowest BCUT2D eigenvalue weighted by molar-refractivity contribution is 0.373. The van der Waals surface area contributed by atoms with Gasteiger partial charge in [0.1, 0.15) is 6.33 Å². The Hall–Kier alpha value is -1.03. The summed E-state index contributed by atoms with van der Waals surface area (Å²) in [4.78, 5) is 7.98. The van der Waals surface area contributed by atoms with Crippen LogP contribution in [0.25, 0.3) is 0 Å². The van der Waals surface area contributed by atoms with E-state index in [0.29, 0.717) is 16.7 Å². The Morgan fingerprint density at radius 3 is 2.69 bits per heavy atom. The Morgan fingerprint density at radius 2 is 2.12 bits per heavy atom. The molecule has 0 aliphatic heterocycles. The van der Waals surface area contributed by atoms with E-state index in [0.717, 1.165) is 13.0 Å². The van der Waals surface area contributed by atoms with E-state index >= 15 is 0 Å². The molecule has 1 rings (SSSR count). The molecule has 0 amide bonds. The van der Waals surface area contributed by atoms with Crippen LogP contribution in [0.2, 0.25) is 5.15 Å². The highest BCUT2D eigenvalue weighted by atomic mass is 35.5. The fourth-order valence-corrected chi connectivity index (χ4v) is 1.32. The molecular weight excluding hydrogens is 226 g/mol. The molecule has 1 aromatic rings. The van der Waals surface area contributed by atoms with E-state index < -0.39 is 0 Å². The Labute approximate surface area is 101 Å². The molecule has 16 heavy (non-hydrogen) atoms. The number of nitrogens with one attached hydrogen (secondary N) is 1. The third kappa shape index (κ3) is 3.23. The van der Waals surface area contributed by atoms with Gasteiger partial charge >= 0.3 is 0 Å². The molecule has 0 fully saturated rings. The van der Waals surface area contributed by atoms with Crippen LogP contribution in [0.3, 0.4) is 0 Å². The van der Waals surface area contributed by atoms with Gasteiger partial charge in [-0.05, 0) is 11.8 Å². The third-order valence-electron chi connectivity index (χ3n) is 2.66. The predicted octanol–water partition coefficient (Wildman–Crippen LogP) is 2.99. The average molecular weight is 244 g/mol. The van der Waals surface area contributed by atoms with Gasteiger partial charge in [0, 0.05) is 6.54 Å². The van der Waals surface area contributed by atoms with E-state index in [1.165, 1.54) is 6.33 Å². The minimum atomic E-state index is 0.211. The molecule has 90 valence electrons. The molecule has 0 saturated carbocycles. The van der Waals surface area contributed by atoms with Crippen molar-refractivity contribution in [2.75, 3.05) is 19.0 Å². The first kappa shape index (κ1) is 13.0. The monoisotopic (exact) mass is 243 g/mol. The van der Waals surface area contributed by atoms with E-state index in [-0.39, 0.29) is 5.41 Å². The molecule has 0 aromatic carbocycles. The maximum absolute atomic E-state index is 5.90. The molecule has 5 heteroatoms. The molecule has 1 N–H and O–H groups in total. The number of methoxy groups -OCH3 is 1. The highest BCUT2D eigenvalue weighted by molar-refractivity contribution is 6.31. The Morgan fingerprint density at radius 1 is 1.44 bits per heavy atom. The maximum Gasteiger partial charge on any atom is 0.198 e. The van der Waals surface area contributed by atoms with Crippen LogP contribution >= 0.6 is 11.6 Å². The number of rotatable bonds is 5. The third-order valence-corrected chi connectivity index (χ3v) is 2.93. The number of aromatic nitrogens is 2. The van der Waals surface area contributed by atoms with Crippen molar-refractivity contribution in [3.8, 4) is 5.75 Å². The van der Waals surface area contributed by atoms with E-state index in [1.54, 1.807) is 7.11 Å². The number of halogens is 1.